The number of likely N-dealkylation sites (tertiary alicyclic amines) is 1. The lowest BCUT2D eigenvalue weighted by Crippen LogP contribution is -2.61. The molecule has 2 aliphatic heterocycles. The van der Waals surface area contributed by atoms with Crippen LogP contribution in [0, 0.1) is 29.1 Å². The van der Waals surface area contributed by atoms with Crippen molar-refractivity contribution in [1.29, 1.82) is 0 Å². The Labute approximate surface area is 231 Å². The van der Waals surface area contributed by atoms with Crippen molar-refractivity contribution in [3.8, 4) is 0 Å². The average molecular weight is 574 g/mol. The average Bonchev–Trinajstić information content (AvgIpc) is 3.56. The number of carbonyl (C=O) groups is 5. The van der Waals surface area contributed by atoms with Crippen LogP contribution in [0.25, 0.3) is 0 Å². The standard InChI is InChI=1S/C26H38ClF2N5O5/c1-5-13(6-2)17(31-24(39)26(29)8-9-26)22(37)33-12-15-16(25(15,3)4)18(33)21(36)32-34(23(38)19(27)28)11-14-7-10-30-20(14)35/h13-19H,5-12H2,1-4H3,(H,30,35)(H,31,39)(H,32,36)/t14-,15-,16-,17?,18-,19?/m0/s1. The lowest BCUT2D eigenvalue weighted by atomic mass is 9.91. The van der Waals surface area contributed by atoms with Crippen LogP contribution in [0.1, 0.15) is 59.8 Å². The minimum Gasteiger partial charge on any atom is -0.356 e. The van der Waals surface area contributed by atoms with Gasteiger partial charge in [-0.15, -0.1) is 0 Å². The van der Waals surface area contributed by atoms with Crippen LogP contribution in [0.3, 0.4) is 0 Å². The van der Waals surface area contributed by atoms with Crippen LogP contribution in [0.5, 0.6) is 0 Å². The SMILES string of the molecule is CCC(CC)C(NC(=O)C1(F)CC1)C(=O)N1C[C@H]2[C@@H]([C@H]1C(=O)NN(C[C@@H]1CCNC1=O)C(=O)C(F)Cl)C2(C)C. The van der Waals surface area contributed by atoms with Gasteiger partial charge in [0.15, 0.2) is 5.67 Å². The van der Waals surface area contributed by atoms with Crippen molar-refractivity contribution in [3.05, 3.63) is 0 Å². The Bertz CT molecular complexity index is 1030. The largest absolute Gasteiger partial charge is 0.356 e. The zero-order valence-corrected chi connectivity index (χ0v) is 23.5. The normalized spacial score (nSPS) is 29.2. The summed E-state index contributed by atoms with van der Waals surface area (Å²) in [5.74, 6) is -4.72. The van der Waals surface area contributed by atoms with E-state index in [9.17, 15) is 32.8 Å². The van der Waals surface area contributed by atoms with Crippen LogP contribution in [0.15, 0.2) is 0 Å². The maximum Gasteiger partial charge on any atom is 0.291 e. The summed E-state index contributed by atoms with van der Waals surface area (Å²) < 4.78 is 28.4. The lowest BCUT2D eigenvalue weighted by molar-refractivity contribution is -0.151. The third-order valence-electron chi connectivity index (χ3n) is 9.19. The van der Waals surface area contributed by atoms with Gasteiger partial charge >= 0.3 is 0 Å². The molecule has 0 bridgehead atoms. The van der Waals surface area contributed by atoms with E-state index in [-0.39, 0.29) is 55.0 Å². The number of hydrogen-bond donors (Lipinski definition) is 3. The van der Waals surface area contributed by atoms with E-state index in [0.717, 1.165) is 5.01 Å². The maximum absolute atomic E-state index is 14.5. The number of alkyl halides is 3. The molecule has 218 valence electrons. The first kappa shape index (κ1) is 29.5. The van der Waals surface area contributed by atoms with E-state index >= 15 is 0 Å². The van der Waals surface area contributed by atoms with E-state index in [2.05, 4.69) is 16.1 Å². The summed E-state index contributed by atoms with van der Waals surface area (Å²) >= 11 is 5.40. The van der Waals surface area contributed by atoms with E-state index in [1.165, 1.54) is 4.90 Å². The molecule has 0 aromatic heterocycles. The topological polar surface area (TPSA) is 128 Å². The van der Waals surface area contributed by atoms with Crippen molar-refractivity contribution in [2.24, 2.45) is 29.1 Å². The molecular weight excluding hydrogens is 536 g/mol. The molecule has 2 heterocycles. The molecule has 2 unspecified atom stereocenters. The third kappa shape index (κ3) is 5.58. The van der Waals surface area contributed by atoms with Crippen LogP contribution in [0.4, 0.5) is 8.78 Å². The Morgan fingerprint density at radius 2 is 1.85 bits per heavy atom. The van der Waals surface area contributed by atoms with Gasteiger partial charge in [-0.1, -0.05) is 52.1 Å². The van der Waals surface area contributed by atoms with Crippen molar-refractivity contribution in [1.82, 2.24) is 26.0 Å². The molecule has 5 amide bonds. The van der Waals surface area contributed by atoms with Crippen molar-refractivity contribution in [2.45, 2.75) is 83.2 Å². The zero-order chi connectivity index (χ0) is 28.9. The molecule has 4 fully saturated rings. The lowest BCUT2D eigenvalue weighted by Gasteiger charge is -2.36. The predicted octanol–water partition coefficient (Wildman–Crippen LogP) is 1.42. The van der Waals surface area contributed by atoms with Gasteiger partial charge in [-0.3, -0.25) is 29.4 Å². The number of fused-ring (bicyclic) bond motifs is 1. The number of nitrogens with zero attached hydrogens (tertiary/aromatic N) is 2. The molecule has 0 aromatic rings. The number of halogens is 3. The Morgan fingerprint density at radius 3 is 2.36 bits per heavy atom. The summed E-state index contributed by atoms with van der Waals surface area (Å²) in [4.78, 5) is 66.2. The van der Waals surface area contributed by atoms with Gasteiger partial charge in [-0.2, -0.15) is 0 Å². The second-order valence-corrected chi connectivity index (χ2v) is 12.3. The minimum atomic E-state index is -2.44. The molecule has 2 aliphatic carbocycles. The molecule has 3 N–H and O–H groups in total. The molecule has 4 aliphatic rings. The van der Waals surface area contributed by atoms with E-state index in [0.29, 0.717) is 25.8 Å². The fourth-order valence-electron chi connectivity index (χ4n) is 6.29. The number of hydrazine groups is 1. The fourth-order valence-corrected chi connectivity index (χ4v) is 6.41. The van der Waals surface area contributed by atoms with Gasteiger partial charge in [0.05, 0.1) is 12.5 Å². The molecule has 4 rings (SSSR count). The van der Waals surface area contributed by atoms with Gasteiger partial charge in [0, 0.05) is 13.1 Å². The molecule has 6 atom stereocenters. The second kappa shape index (κ2) is 10.8. The Hall–Kier alpha value is -2.50. The van der Waals surface area contributed by atoms with Crippen molar-refractivity contribution in [3.63, 3.8) is 0 Å². The van der Waals surface area contributed by atoms with Gasteiger partial charge in [-0.05, 0) is 42.4 Å². The van der Waals surface area contributed by atoms with Crippen LogP contribution in [-0.2, 0) is 24.0 Å². The summed E-state index contributed by atoms with van der Waals surface area (Å²) in [6.45, 7) is 8.08. The van der Waals surface area contributed by atoms with E-state index in [1.807, 2.05) is 27.7 Å². The van der Waals surface area contributed by atoms with Gasteiger partial charge in [-0.25, -0.2) is 13.8 Å². The van der Waals surface area contributed by atoms with Crippen molar-refractivity contribution < 1.29 is 32.8 Å². The fraction of sp³-hybridized carbons (Fsp3) is 0.808. The number of hydrogen-bond acceptors (Lipinski definition) is 5. The highest BCUT2D eigenvalue weighted by atomic mass is 35.5. The highest BCUT2D eigenvalue weighted by Gasteiger charge is 2.70. The monoisotopic (exact) mass is 573 g/mol. The van der Waals surface area contributed by atoms with Gasteiger partial charge < -0.3 is 15.5 Å². The molecule has 2 saturated heterocycles. The van der Waals surface area contributed by atoms with Crippen LogP contribution in [-0.4, -0.2) is 82.5 Å². The van der Waals surface area contributed by atoms with Crippen LogP contribution < -0.4 is 16.1 Å². The van der Waals surface area contributed by atoms with Crippen LogP contribution in [0.2, 0.25) is 0 Å². The second-order valence-electron chi connectivity index (χ2n) is 11.9. The first-order valence-electron chi connectivity index (χ1n) is 13.7. The number of piperidine rings is 1. The Kier molecular flexibility index (Phi) is 8.18. The number of amides is 5. The summed E-state index contributed by atoms with van der Waals surface area (Å²) in [6, 6.07) is -2.03. The smallest absolute Gasteiger partial charge is 0.291 e. The van der Waals surface area contributed by atoms with Crippen LogP contribution >= 0.6 is 11.6 Å². The summed E-state index contributed by atoms with van der Waals surface area (Å²) in [7, 11) is 0. The van der Waals surface area contributed by atoms with Gasteiger partial charge in [0.1, 0.15) is 12.1 Å². The number of nitrogens with one attached hydrogen (secondary N) is 3. The molecule has 10 nitrogen and oxygen atoms in total. The molecule has 39 heavy (non-hydrogen) atoms. The van der Waals surface area contributed by atoms with E-state index in [4.69, 9.17) is 11.6 Å². The first-order valence-corrected chi connectivity index (χ1v) is 14.2. The molecule has 13 heteroatoms. The molecule has 2 saturated carbocycles. The maximum atomic E-state index is 14.5. The zero-order valence-electron chi connectivity index (χ0n) is 22.8. The van der Waals surface area contributed by atoms with E-state index in [1.54, 1.807) is 0 Å². The molecule has 0 spiro atoms. The quantitative estimate of drug-likeness (QED) is 0.269. The van der Waals surface area contributed by atoms with Crippen molar-refractivity contribution in [2.75, 3.05) is 19.6 Å². The number of carbonyl (C=O) groups excluding carboxylic acids is 5. The summed E-state index contributed by atoms with van der Waals surface area (Å²) in [5, 5.41) is 5.98. The minimum absolute atomic E-state index is 0.00193. The molecular formula is C26H38ClF2N5O5. The number of rotatable bonds is 10. The molecule has 0 aromatic carbocycles. The third-order valence-corrected chi connectivity index (χ3v) is 9.38. The summed E-state index contributed by atoms with van der Waals surface area (Å²) in [6.07, 6.45) is 1.71. The van der Waals surface area contributed by atoms with Gasteiger partial charge in [0.2, 0.25) is 11.8 Å². The Balaban J connectivity index is 1.57. The molecule has 0 radical (unpaired) electrons. The van der Waals surface area contributed by atoms with Crippen molar-refractivity contribution >= 4 is 41.1 Å². The van der Waals surface area contributed by atoms with E-state index < -0.39 is 52.9 Å². The Morgan fingerprint density at radius 1 is 1.21 bits per heavy atom. The first-order chi connectivity index (χ1) is 18.3. The van der Waals surface area contributed by atoms with Gasteiger partial charge in [0.25, 0.3) is 23.4 Å². The highest BCUT2D eigenvalue weighted by molar-refractivity contribution is 6.29. The summed E-state index contributed by atoms with van der Waals surface area (Å²) in [5.41, 5.74) is -2.23. The highest BCUT2D eigenvalue weighted by Crippen LogP contribution is 2.65. The predicted molar refractivity (Wildman–Crippen MR) is 137 cm³/mol.